The van der Waals surface area contributed by atoms with E-state index in [1.54, 1.807) is 4.57 Å². The normalized spacial score (nSPS) is 18.3. The van der Waals surface area contributed by atoms with Crippen LogP contribution in [0.15, 0.2) is 4.79 Å². The van der Waals surface area contributed by atoms with Crippen LogP contribution in [-0.4, -0.2) is 33.4 Å². The smallest absolute Gasteiger partial charge is 0.264 e. The van der Waals surface area contributed by atoms with Gasteiger partial charge < -0.3 is 4.90 Å². The molecule has 0 bridgehead atoms. The molecule has 0 atom stereocenters. The molecule has 2 aromatic rings. The fourth-order valence-electron chi connectivity index (χ4n) is 4.25. The van der Waals surface area contributed by atoms with Gasteiger partial charge in [-0.25, -0.2) is 4.98 Å². The highest BCUT2D eigenvalue weighted by molar-refractivity contribution is 7.20. The molecule has 2 aromatic heterocycles. The molecule has 0 spiro atoms. The Hall–Kier alpha value is -1.69. The summed E-state index contributed by atoms with van der Waals surface area (Å²) >= 11 is 1.39. The van der Waals surface area contributed by atoms with Crippen molar-refractivity contribution in [1.82, 2.24) is 14.5 Å². The van der Waals surface area contributed by atoms with E-state index in [1.807, 2.05) is 18.9 Å². The summed E-state index contributed by atoms with van der Waals surface area (Å²) in [5, 5.41) is 0.647. The fourth-order valence-corrected chi connectivity index (χ4v) is 5.42. The largest absolute Gasteiger partial charge is 0.338 e. The number of amides is 1. The van der Waals surface area contributed by atoms with Crippen LogP contribution in [0.5, 0.6) is 0 Å². The Morgan fingerprint density at radius 3 is 2.64 bits per heavy atom. The van der Waals surface area contributed by atoms with E-state index >= 15 is 0 Å². The Labute approximate surface area is 151 Å². The van der Waals surface area contributed by atoms with Gasteiger partial charge in [0.25, 0.3) is 11.5 Å². The third-order valence-electron chi connectivity index (χ3n) is 5.80. The monoisotopic (exact) mass is 359 g/mol. The van der Waals surface area contributed by atoms with Gasteiger partial charge in [0.2, 0.25) is 0 Å². The van der Waals surface area contributed by atoms with E-state index in [-0.39, 0.29) is 11.5 Å². The Bertz CT molecular complexity index is 875. The van der Waals surface area contributed by atoms with Crippen LogP contribution >= 0.6 is 11.3 Å². The predicted octanol–water partition coefficient (Wildman–Crippen LogP) is 3.51. The Balaban J connectivity index is 1.71. The number of thiophene rings is 1. The van der Waals surface area contributed by atoms with Crippen molar-refractivity contribution in [3.05, 3.63) is 26.6 Å². The van der Waals surface area contributed by atoms with Crippen LogP contribution in [0.1, 0.15) is 66.0 Å². The molecule has 6 heteroatoms. The van der Waals surface area contributed by atoms with Crippen LogP contribution in [0.2, 0.25) is 0 Å². The Morgan fingerprint density at radius 2 is 1.92 bits per heavy atom. The van der Waals surface area contributed by atoms with Crippen molar-refractivity contribution in [2.75, 3.05) is 7.05 Å². The average molecular weight is 359 g/mol. The van der Waals surface area contributed by atoms with Crippen molar-refractivity contribution >= 4 is 27.5 Å². The summed E-state index contributed by atoms with van der Waals surface area (Å²) in [7, 11) is 1.92. The van der Waals surface area contributed by atoms with Gasteiger partial charge in [-0.3, -0.25) is 14.2 Å². The van der Waals surface area contributed by atoms with Crippen LogP contribution in [0, 0.1) is 6.92 Å². The van der Waals surface area contributed by atoms with Crippen LogP contribution in [0.4, 0.5) is 0 Å². The fraction of sp³-hybridized carbons (Fsp3) is 0.632. The number of fused-ring (bicyclic) bond motifs is 2. The minimum atomic E-state index is 0.0300. The molecule has 134 valence electrons. The predicted molar refractivity (Wildman–Crippen MR) is 101 cm³/mol. The van der Waals surface area contributed by atoms with Gasteiger partial charge in [-0.2, -0.15) is 0 Å². The second-order valence-electron chi connectivity index (χ2n) is 7.39. The molecule has 25 heavy (non-hydrogen) atoms. The molecule has 4 rings (SSSR count). The number of carbonyl (C=O) groups excluding carboxylic acids is 1. The zero-order valence-electron chi connectivity index (χ0n) is 15.0. The van der Waals surface area contributed by atoms with Gasteiger partial charge in [-0.15, -0.1) is 11.3 Å². The van der Waals surface area contributed by atoms with Crippen LogP contribution in [0.25, 0.3) is 10.2 Å². The van der Waals surface area contributed by atoms with E-state index in [4.69, 9.17) is 0 Å². The highest BCUT2D eigenvalue weighted by atomic mass is 32.1. The lowest BCUT2D eigenvalue weighted by Crippen LogP contribution is -2.36. The highest BCUT2D eigenvalue weighted by Crippen LogP contribution is 2.31. The van der Waals surface area contributed by atoms with E-state index in [0.29, 0.717) is 16.3 Å². The summed E-state index contributed by atoms with van der Waals surface area (Å²) in [5.41, 5.74) is 0.840. The van der Waals surface area contributed by atoms with Gasteiger partial charge in [-0.1, -0.05) is 25.7 Å². The Kier molecular flexibility index (Phi) is 4.40. The van der Waals surface area contributed by atoms with Crippen LogP contribution < -0.4 is 5.56 Å². The van der Waals surface area contributed by atoms with Crippen LogP contribution in [0.3, 0.4) is 0 Å². The van der Waals surface area contributed by atoms with E-state index in [2.05, 4.69) is 4.98 Å². The SMILES string of the molecule is Cc1c(C(=O)N(C)C2CCCCCC2)sc2nc3n(c(=O)c12)CCC3. The lowest BCUT2D eigenvalue weighted by molar-refractivity contribution is 0.0722. The number of carbonyl (C=O) groups is 1. The third kappa shape index (κ3) is 2.80. The summed E-state index contributed by atoms with van der Waals surface area (Å²) in [4.78, 5) is 33.9. The quantitative estimate of drug-likeness (QED) is 0.771. The van der Waals surface area contributed by atoms with Crippen molar-refractivity contribution in [2.24, 2.45) is 0 Å². The number of hydrogen-bond acceptors (Lipinski definition) is 4. The molecule has 0 unspecified atom stereocenters. The molecule has 0 N–H and O–H groups in total. The highest BCUT2D eigenvalue weighted by Gasteiger charge is 2.27. The zero-order chi connectivity index (χ0) is 17.6. The molecule has 1 saturated carbocycles. The third-order valence-corrected chi connectivity index (χ3v) is 6.97. The number of aryl methyl sites for hydroxylation is 2. The Morgan fingerprint density at radius 1 is 1.20 bits per heavy atom. The molecule has 3 heterocycles. The van der Waals surface area contributed by atoms with Gasteiger partial charge >= 0.3 is 0 Å². The topological polar surface area (TPSA) is 55.2 Å². The molecular weight excluding hydrogens is 334 g/mol. The summed E-state index contributed by atoms with van der Waals surface area (Å²) in [6, 6.07) is 0.318. The van der Waals surface area contributed by atoms with Gasteiger partial charge in [0.1, 0.15) is 10.7 Å². The summed E-state index contributed by atoms with van der Waals surface area (Å²) < 4.78 is 1.78. The zero-order valence-corrected chi connectivity index (χ0v) is 15.8. The first-order valence-corrected chi connectivity index (χ1v) is 10.2. The van der Waals surface area contributed by atoms with Gasteiger partial charge in [0, 0.05) is 26.1 Å². The first kappa shape index (κ1) is 16.8. The first-order chi connectivity index (χ1) is 12.1. The molecule has 1 fully saturated rings. The first-order valence-electron chi connectivity index (χ1n) is 9.38. The summed E-state index contributed by atoms with van der Waals surface area (Å²) in [6.07, 6.45) is 8.94. The molecule has 0 aromatic carbocycles. The van der Waals surface area contributed by atoms with E-state index < -0.39 is 0 Å². The van der Waals surface area contributed by atoms with Gasteiger partial charge in [0.05, 0.1) is 10.3 Å². The molecule has 0 saturated heterocycles. The molecule has 0 radical (unpaired) electrons. The minimum absolute atomic E-state index is 0.0300. The van der Waals surface area contributed by atoms with Crippen LogP contribution in [-0.2, 0) is 13.0 Å². The van der Waals surface area contributed by atoms with Crippen molar-refractivity contribution in [3.63, 3.8) is 0 Å². The molecule has 5 nitrogen and oxygen atoms in total. The number of aromatic nitrogens is 2. The second-order valence-corrected chi connectivity index (χ2v) is 8.39. The van der Waals surface area contributed by atoms with Crippen molar-refractivity contribution in [3.8, 4) is 0 Å². The number of hydrogen-bond donors (Lipinski definition) is 0. The van der Waals surface area contributed by atoms with Gasteiger partial charge in [-0.05, 0) is 31.7 Å². The molecule has 1 aliphatic heterocycles. The van der Waals surface area contributed by atoms with Crippen molar-refractivity contribution in [1.29, 1.82) is 0 Å². The average Bonchev–Trinajstić information content (AvgIpc) is 3.09. The number of nitrogens with zero attached hydrogens (tertiary/aromatic N) is 3. The maximum absolute atomic E-state index is 13.1. The van der Waals surface area contributed by atoms with E-state index in [0.717, 1.165) is 48.4 Å². The summed E-state index contributed by atoms with van der Waals surface area (Å²) in [5.74, 6) is 0.923. The summed E-state index contributed by atoms with van der Waals surface area (Å²) in [6.45, 7) is 2.65. The maximum Gasteiger partial charge on any atom is 0.264 e. The van der Waals surface area contributed by atoms with E-state index in [9.17, 15) is 9.59 Å². The van der Waals surface area contributed by atoms with E-state index in [1.165, 1.54) is 37.0 Å². The lowest BCUT2D eigenvalue weighted by atomic mass is 10.1. The molecule has 1 aliphatic carbocycles. The standard InChI is InChI=1S/C19H25N3O2S/c1-12-15-17(20-14-10-7-11-22(14)18(15)23)25-16(12)19(24)21(2)13-8-5-3-4-6-9-13/h13H,3-11H2,1-2H3. The molecular formula is C19H25N3O2S. The van der Waals surface area contributed by atoms with Crippen molar-refractivity contribution in [2.45, 2.75) is 70.9 Å². The molecule has 1 amide bonds. The van der Waals surface area contributed by atoms with Crippen molar-refractivity contribution < 1.29 is 4.79 Å². The lowest BCUT2D eigenvalue weighted by Gasteiger charge is -2.27. The minimum Gasteiger partial charge on any atom is -0.338 e. The number of rotatable bonds is 2. The van der Waals surface area contributed by atoms with Gasteiger partial charge in [0.15, 0.2) is 0 Å². The second kappa shape index (κ2) is 6.56. The maximum atomic E-state index is 13.1. The molecule has 2 aliphatic rings.